The molecule has 33 heavy (non-hydrogen) atoms. The molecule has 5 nitrogen and oxygen atoms in total. The number of carbonyl (C=O) groups excluding carboxylic acids is 1. The van der Waals surface area contributed by atoms with Crippen LogP contribution in [-0.2, 0) is 16.1 Å². The van der Waals surface area contributed by atoms with E-state index in [-0.39, 0.29) is 0 Å². The molecule has 0 saturated heterocycles. The van der Waals surface area contributed by atoms with Crippen LogP contribution in [-0.4, -0.2) is 20.2 Å². The van der Waals surface area contributed by atoms with Gasteiger partial charge in [0.1, 0.15) is 18.1 Å². The molecule has 0 atom stereocenters. The van der Waals surface area contributed by atoms with E-state index in [1.165, 1.54) is 0 Å². The number of hydrogen-bond acceptors (Lipinski definition) is 5. The predicted octanol–water partition coefficient (Wildman–Crippen LogP) is 6.57. The average molecular weight is 483 g/mol. The second kappa shape index (κ2) is 10.0. The second-order valence-electron chi connectivity index (χ2n) is 7.17. The summed E-state index contributed by atoms with van der Waals surface area (Å²) in [4.78, 5) is 12.4. The van der Waals surface area contributed by atoms with E-state index in [0.717, 1.165) is 22.4 Å². The van der Waals surface area contributed by atoms with E-state index in [0.29, 0.717) is 39.5 Å². The number of ether oxygens (including phenoxy) is 4. The van der Waals surface area contributed by atoms with Crippen molar-refractivity contribution in [2.45, 2.75) is 6.61 Å². The summed E-state index contributed by atoms with van der Waals surface area (Å²) in [6.45, 7) is 0.300. The lowest BCUT2D eigenvalue weighted by molar-refractivity contribution is -0.130. The minimum Gasteiger partial charge on any atom is -0.497 e. The molecule has 3 aromatic rings. The monoisotopic (exact) mass is 482 g/mol. The smallest absolute Gasteiger partial charge is 0.343 e. The van der Waals surface area contributed by atoms with Crippen molar-refractivity contribution >= 4 is 41.0 Å². The number of cyclic esters (lactones) is 1. The van der Waals surface area contributed by atoms with Crippen molar-refractivity contribution in [3.05, 3.63) is 99.0 Å². The number of benzene rings is 3. The third-order valence-electron chi connectivity index (χ3n) is 4.99. The van der Waals surface area contributed by atoms with Gasteiger partial charge in [-0.1, -0.05) is 35.3 Å². The third-order valence-corrected chi connectivity index (χ3v) is 5.73. The van der Waals surface area contributed by atoms with Crippen LogP contribution in [0.25, 0.3) is 11.8 Å². The minimum atomic E-state index is -0.417. The number of rotatable bonds is 7. The number of methoxy groups -OCH3 is 2. The van der Waals surface area contributed by atoms with Crippen LogP contribution in [0.15, 0.2) is 72.3 Å². The first-order chi connectivity index (χ1) is 16.0. The Labute approximate surface area is 201 Å². The Morgan fingerprint density at radius 1 is 0.879 bits per heavy atom. The van der Waals surface area contributed by atoms with Gasteiger partial charge >= 0.3 is 5.97 Å². The van der Waals surface area contributed by atoms with Crippen LogP contribution < -0.4 is 14.2 Å². The molecular formula is C26H20Cl2O5. The lowest BCUT2D eigenvalue weighted by atomic mass is 10.1. The van der Waals surface area contributed by atoms with Gasteiger partial charge in [-0.05, 0) is 71.8 Å². The van der Waals surface area contributed by atoms with E-state index in [4.69, 9.17) is 42.1 Å². The summed E-state index contributed by atoms with van der Waals surface area (Å²) in [6.07, 6.45) is 3.45. The SMILES string of the molecule is COc1ccc(C2=C/C(=C\c3ccc(OCc4ccc(Cl)c(Cl)c4)c(OC)c3)C(=O)O2)cc1. The summed E-state index contributed by atoms with van der Waals surface area (Å²) in [5, 5.41) is 0.960. The van der Waals surface area contributed by atoms with E-state index in [1.807, 2.05) is 36.4 Å². The zero-order valence-electron chi connectivity index (χ0n) is 17.9. The fraction of sp³-hybridized carbons (Fsp3) is 0.115. The summed E-state index contributed by atoms with van der Waals surface area (Å²) in [5.41, 5.74) is 2.87. The van der Waals surface area contributed by atoms with Gasteiger partial charge in [-0.3, -0.25) is 0 Å². The number of hydrogen-bond donors (Lipinski definition) is 0. The normalized spacial score (nSPS) is 14.1. The van der Waals surface area contributed by atoms with Crippen molar-refractivity contribution in [1.82, 2.24) is 0 Å². The molecule has 0 spiro atoms. The maximum absolute atomic E-state index is 12.4. The Kier molecular flexibility index (Phi) is 6.92. The van der Waals surface area contributed by atoms with Gasteiger partial charge in [-0.15, -0.1) is 0 Å². The minimum absolute atomic E-state index is 0.300. The fourth-order valence-corrected chi connectivity index (χ4v) is 3.57. The Hall–Kier alpha value is -3.41. The van der Waals surface area contributed by atoms with Gasteiger partial charge in [-0.2, -0.15) is 0 Å². The zero-order valence-corrected chi connectivity index (χ0v) is 19.4. The molecule has 0 aromatic heterocycles. The van der Waals surface area contributed by atoms with Crippen molar-refractivity contribution in [2.75, 3.05) is 14.2 Å². The largest absolute Gasteiger partial charge is 0.497 e. The van der Waals surface area contributed by atoms with Gasteiger partial charge in [0.15, 0.2) is 11.5 Å². The molecule has 0 unspecified atom stereocenters. The quantitative estimate of drug-likeness (QED) is 0.281. The Morgan fingerprint density at radius 3 is 2.36 bits per heavy atom. The van der Waals surface area contributed by atoms with Crippen molar-refractivity contribution < 1.29 is 23.7 Å². The van der Waals surface area contributed by atoms with E-state index >= 15 is 0 Å². The van der Waals surface area contributed by atoms with Crippen LogP contribution in [0.2, 0.25) is 10.0 Å². The molecular weight excluding hydrogens is 463 g/mol. The van der Waals surface area contributed by atoms with Gasteiger partial charge in [0, 0.05) is 5.56 Å². The summed E-state index contributed by atoms with van der Waals surface area (Å²) < 4.78 is 22.0. The molecule has 0 amide bonds. The van der Waals surface area contributed by atoms with Crippen LogP contribution in [0.1, 0.15) is 16.7 Å². The van der Waals surface area contributed by atoms with Crippen LogP contribution in [0.4, 0.5) is 0 Å². The summed E-state index contributed by atoms with van der Waals surface area (Å²) in [7, 11) is 3.16. The number of carbonyl (C=O) groups is 1. The van der Waals surface area contributed by atoms with Gasteiger partial charge in [0.25, 0.3) is 0 Å². The van der Waals surface area contributed by atoms with Crippen molar-refractivity contribution in [2.24, 2.45) is 0 Å². The Morgan fingerprint density at radius 2 is 1.67 bits per heavy atom. The van der Waals surface area contributed by atoms with Crippen LogP contribution in [0.3, 0.4) is 0 Å². The Balaban J connectivity index is 1.52. The highest BCUT2D eigenvalue weighted by atomic mass is 35.5. The molecule has 4 rings (SSSR count). The molecule has 0 N–H and O–H groups in total. The molecule has 1 aliphatic heterocycles. The maximum atomic E-state index is 12.4. The average Bonchev–Trinajstić information content (AvgIpc) is 3.20. The van der Waals surface area contributed by atoms with Crippen LogP contribution in [0, 0.1) is 0 Å². The Bertz CT molecular complexity index is 1250. The molecule has 1 aliphatic rings. The second-order valence-corrected chi connectivity index (χ2v) is 7.99. The standard InChI is InChI=1S/C26H20Cl2O5/c1-30-20-7-5-18(6-8-20)24-14-19(26(29)33-24)11-16-4-10-23(25(13-16)31-2)32-15-17-3-9-21(27)22(28)12-17/h3-14H,15H2,1-2H3/b19-11+. The molecule has 0 fully saturated rings. The molecule has 168 valence electrons. The zero-order chi connectivity index (χ0) is 23.4. The third kappa shape index (κ3) is 5.33. The maximum Gasteiger partial charge on any atom is 0.343 e. The molecule has 0 saturated carbocycles. The summed E-state index contributed by atoms with van der Waals surface area (Å²) >= 11 is 12.0. The highest BCUT2D eigenvalue weighted by molar-refractivity contribution is 6.42. The molecule has 0 radical (unpaired) electrons. The highest BCUT2D eigenvalue weighted by Crippen LogP contribution is 2.33. The van der Waals surface area contributed by atoms with Gasteiger partial charge < -0.3 is 18.9 Å². The molecule has 7 heteroatoms. The van der Waals surface area contributed by atoms with Gasteiger partial charge in [-0.25, -0.2) is 4.79 Å². The van der Waals surface area contributed by atoms with E-state index in [2.05, 4.69) is 0 Å². The molecule has 1 heterocycles. The molecule has 0 bridgehead atoms. The predicted molar refractivity (Wildman–Crippen MR) is 129 cm³/mol. The van der Waals surface area contributed by atoms with Gasteiger partial charge in [0.05, 0.1) is 29.8 Å². The van der Waals surface area contributed by atoms with E-state index < -0.39 is 5.97 Å². The van der Waals surface area contributed by atoms with Crippen LogP contribution >= 0.6 is 23.2 Å². The molecule has 3 aromatic carbocycles. The summed E-state index contributed by atoms with van der Waals surface area (Å²) in [5.74, 6) is 1.90. The molecule has 0 aliphatic carbocycles. The summed E-state index contributed by atoms with van der Waals surface area (Å²) in [6, 6.07) is 18.1. The topological polar surface area (TPSA) is 54.0 Å². The van der Waals surface area contributed by atoms with Crippen molar-refractivity contribution in [1.29, 1.82) is 0 Å². The van der Waals surface area contributed by atoms with E-state index in [1.54, 1.807) is 50.6 Å². The fourth-order valence-electron chi connectivity index (χ4n) is 3.25. The first-order valence-corrected chi connectivity index (χ1v) is 10.8. The lowest BCUT2D eigenvalue weighted by Crippen LogP contribution is -1.99. The van der Waals surface area contributed by atoms with Gasteiger partial charge in [0.2, 0.25) is 0 Å². The number of halogens is 2. The van der Waals surface area contributed by atoms with Crippen LogP contribution in [0.5, 0.6) is 17.2 Å². The first kappa shape index (κ1) is 22.8. The van der Waals surface area contributed by atoms with E-state index in [9.17, 15) is 4.79 Å². The first-order valence-electron chi connectivity index (χ1n) is 10.0. The van der Waals surface area contributed by atoms with Crippen molar-refractivity contribution in [3.8, 4) is 17.2 Å². The lowest BCUT2D eigenvalue weighted by Gasteiger charge is -2.12. The highest BCUT2D eigenvalue weighted by Gasteiger charge is 2.22. The van der Waals surface area contributed by atoms with Crippen molar-refractivity contribution in [3.63, 3.8) is 0 Å². The number of esters is 1.